The predicted molar refractivity (Wildman–Crippen MR) is 208 cm³/mol. The molecule has 10 atom stereocenters. The number of carbonyl (C=O) groups is 1. The van der Waals surface area contributed by atoms with Gasteiger partial charge >= 0.3 is 5.97 Å². The number of nitrogens with one attached hydrogen (secondary N) is 1. The Kier molecular flexibility index (Phi) is 9.71. The van der Waals surface area contributed by atoms with E-state index in [-0.39, 0.29) is 45.3 Å². The molecular weight excluding hydrogens is 672 g/mol. The van der Waals surface area contributed by atoms with Gasteiger partial charge in [0, 0.05) is 31.3 Å². The molecule has 4 saturated carbocycles. The Labute approximate surface area is 314 Å². The molecule has 2 N–H and O–H groups in total. The van der Waals surface area contributed by atoms with Crippen molar-refractivity contribution in [3.8, 4) is 0 Å². The van der Waals surface area contributed by atoms with Crippen molar-refractivity contribution in [2.24, 2.45) is 51.2 Å². The van der Waals surface area contributed by atoms with Gasteiger partial charge in [0.1, 0.15) is 9.84 Å². The van der Waals surface area contributed by atoms with Crippen LogP contribution >= 0.6 is 0 Å². The van der Waals surface area contributed by atoms with Gasteiger partial charge in [-0.2, -0.15) is 0 Å². The van der Waals surface area contributed by atoms with Crippen LogP contribution in [0.4, 0.5) is 4.39 Å². The summed E-state index contributed by atoms with van der Waals surface area (Å²) >= 11 is 0. The first-order valence-corrected chi connectivity index (χ1v) is 22.8. The Morgan fingerprint density at radius 1 is 0.923 bits per heavy atom. The van der Waals surface area contributed by atoms with E-state index in [1.807, 2.05) is 6.08 Å². The minimum Gasteiger partial charge on any atom is -0.479 e. The summed E-state index contributed by atoms with van der Waals surface area (Å²) in [6.45, 7) is 23.4. The summed E-state index contributed by atoms with van der Waals surface area (Å²) in [5, 5.41) is 13.6. The maximum Gasteiger partial charge on any atom is 0.341 e. The van der Waals surface area contributed by atoms with E-state index >= 15 is 4.39 Å². The highest BCUT2D eigenvalue weighted by Crippen LogP contribution is 2.76. The van der Waals surface area contributed by atoms with E-state index in [0.717, 1.165) is 45.4 Å². The summed E-state index contributed by atoms with van der Waals surface area (Å²) in [4.78, 5) is 14.1. The molecule has 0 amide bonds. The van der Waals surface area contributed by atoms with Crippen LogP contribution in [0.3, 0.4) is 0 Å². The second kappa shape index (κ2) is 13.0. The van der Waals surface area contributed by atoms with Crippen molar-refractivity contribution in [2.75, 3.05) is 32.4 Å². The number of hydrogen-bond acceptors (Lipinski definition) is 5. The molecule has 52 heavy (non-hydrogen) atoms. The van der Waals surface area contributed by atoms with Crippen LogP contribution < -0.4 is 5.32 Å². The van der Waals surface area contributed by atoms with Gasteiger partial charge in [-0.1, -0.05) is 58.9 Å². The first-order valence-electron chi connectivity index (χ1n) is 20.9. The van der Waals surface area contributed by atoms with E-state index in [4.69, 9.17) is 0 Å². The summed E-state index contributed by atoms with van der Waals surface area (Å²) < 4.78 is 39.3. The minimum absolute atomic E-state index is 0.0276. The van der Waals surface area contributed by atoms with E-state index in [0.29, 0.717) is 36.0 Å². The molecule has 7 rings (SSSR count). The molecule has 0 aromatic heterocycles. The summed E-state index contributed by atoms with van der Waals surface area (Å²) in [6.07, 6.45) is 18.9. The third-order valence-electron chi connectivity index (χ3n) is 17.9. The molecule has 0 aromatic carbocycles. The standard InChI is InChI=1S/C44H69FN2O4S/c1-29(2)32-13-22-44(46-25-28-47-26-16-31(17-27-47)52(8,50)51)24-23-41(6)34(37(32)44)9-10-36-40(5)18-14-33(30-11-20-43(45,21-12-30)38(48)49)39(3,4)35(40)15-19-42(36,41)7/h11,14,31-32,34-37,46H,1,9-10,12-13,15-28H2,2-8H3,(H,48,49)/t32?,34-,35+,36-,37-,40+,41-,42-,43?,44+/m1/s1. The van der Waals surface area contributed by atoms with Crippen molar-refractivity contribution in [3.05, 3.63) is 35.5 Å². The normalized spacial score (nSPS) is 45.1. The van der Waals surface area contributed by atoms with Crippen LogP contribution in [0.15, 0.2) is 35.5 Å². The Morgan fingerprint density at radius 3 is 2.25 bits per heavy atom. The van der Waals surface area contributed by atoms with Crippen molar-refractivity contribution >= 4 is 15.8 Å². The van der Waals surface area contributed by atoms with Gasteiger partial charge in [-0.15, -0.1) is 0 Å². The molecule has 292 valence electrons. The largest absolute Gasteiger partial charge is 0.479 e. The van der Waals surface area contributed by atoms with E-state index in [1.165, 1.54) is 74.3 Å². The first-order chi connectivity index (χ1) is 24.2. The molecular formula is C44H69FN2O4S. The number of nitrogens with zero attached hydrogens (tertiary/aromatic N) is 1. The number of likely N-dealkylation sites (tertiary alicyclic amines) is 1. The van der Waals surface area contributed by atoms with Crippen molar-refractivity contribution < 1.29 is 22.7 Å². The van der Waals surface area contributed by atoms with Crippen LogP contribution in [0.1, 0.15) is 131 Å². The average Bonchev–Trinajstić information content (AvgIpc) is 3.45. The van der Waals surface area contributed by atoms with Gasteiger partial charge in [-0.25, -0.2) is 17.6 Å². The summed E-state index contributed by atoms with van der Waals surface area (Å²) in [5.74, 6) is 1.68. The van der Waals surface area contributed by atoms with Crippen molar-refractivity contribution in [2.45, 2.75) is 148 Å². The number of sulfone groups is 1. The number of aliphatic carboxylic acids is 1. The summed E-state index contributed by atoms with van der Waals surface area (Å²) in [5.41, 5.74) is 2.58. The number of carboxylic acid groups (broad SMARTS) is 1. The highest BCUT2D eigenvalue weighted by atomic mass is 32.2. The van der Waals surface area contributed by atoms with Crippen LogP contribution in [0, 0.1) is 51.2 Å². The van der Waals surface area contributed by atoms with E-state index in [9.17, 15) is 18.3 Å². The molecule has 0 spiro atoms. The first kappa shape index (κ1) is 38.8. The molecule has 0 aromatic rings. The SMILES string of the molecule is C=C(C)C1CC[C@]2(NCCN3CCC(S(C)(=O)=O)CC3)CC[C@]3(C)[C@H](CC[C@@H]4[C@@]5(C)CC=C(C6=CCC(F)(C(=O)O)CC6)C(C)(C)[C@@H]5CC[C@]43C)[C@@H]12. The number of rotatable bonds is 8. The second-order valence-electron chi connectivity index (χ2n) is 20.4. The molecule has 5 fully saturated rings. The molecule has 1 heterocycles. The average molecular weight is 741 g/mol. The fourth-order valence-electron chi connectivity index (χ4n) is 14.9. The van der Waals surface area contributed by atoms with E-state index in [2.05, 4.69) is 64.4 Å². The lowest BCUT2D eigenvalue weighted by Crippen LogP contribution is -2.68. The summed E-state index contributed by atoms with van der Waals surface area (Å²) in [7, 11) is -2.96. The van der Waals surface area contributed by atoms with Crippen LogP contribution in [0.2, 0.25) is 0 Å². The highest BCUT2D eigenvalue weighted by Gasteiger charge is 2.70. The molecule has 2 unspecified atom stereocenters. The number of carboxylic acids is 1. The molecule has 7 aliphatic rings. The zero-order chi connectivity index (χ0) is 37.7. The molecule has 8 heteroatoms. The number of piperidine rings is 1. The molecule has 6 nitrogen and oxygen atoms in total. The molecule has 0 radical (unpaired) electrons. The highest BCUT2D eigenvalue weighted by molar-refractivity contribution is 7.91. The second-order valence-corrected chi connectivity index (χ2v) is 22.7. The summed E-state index contributed by atoms with van der Waals surface area (Å²) in [6, 6.07) is 0. The predicted octanol–water partition coefficient (Wildman–Crippen LogP) is 8.93. The van der Waals surface area contributed by atoms with Gasteiger partial charge in [0.15, 0.2) is 0 Å². The third-order valence-corrected chi connectivity index (χ3v) is 19.6. The van der Waals surface area contributed by atoms with Gasteiger partial charge in [0.05, 0.1) is 5.25 Å². The van der Waals surface area contributed by atoms with Gasteiger partial charge < -0.3 is 15.3 Å². The minimum atomic E-state index is -2.96. The Bertz CT molecular complexity index is 1630. The lowest BCUT2D eigenvalue weighted by molar-refractivity contribution is -0.221. The lowest BCUT2D eigenvalue weighted by Gasteiger charge is -2.72. The Balaban J connectivity index is 1.11. The quantitative estimate of drug-likeness (QED) is 0.242. The molecule has 0 bridgehead atoms. The van der Waals surface area contributed by atoms with Crippen molar-refractivity contribution in [3.63, 3.8) is 0 Å². The maximum atomic E-state index is 15.0. The van der Waals surface area contributed by atoms with Crippen LogP contribution in [0.25, 0.3) is 0 Å². The van der Waals surface area contributed by atoms with Crippen LogP contribution in [0.5, 0.6) is 0 Å². The zero-order valence-corrected chi connectivity index (χ0v) is 34.3. The fourth-order valence-corrected chi connectivity index (χ4v) is 16.0. The van der Waals surface area contributed by atoms with Crippen LogP contribution in [-0.4, -0.2) is 73.3 Å². The van der Waals surface area contributed by atoms with E-state index in [1.54, 1.807) is 0 Å². The van der Waals surface area contributed by atoms with Gasteiger partial charge in [0.25, 0.3) is 0 Å². The monoisotopic (exact) mass is 740 g/mol. The van der Waals surface area contributed by atoms with Crippen molar-refractivity contribution in [1.29, 1.82) is 0 Å². The van der Waals surface area contributed by atoms with E-state index < -0.39 is 21.5 Å². The Morgan fingerprint density at radius 2 is 1.63 bits per heavy atom. The van der Waals surface area contributed by atoms with Crippen molar-refractivity contribution in [1.82, 2.24) is 10.2 Å². The number of allylic oxidation sites excluding steroid dienone is 5. The maximum absolute atomic E-state index is 15.0. The zero-order valence-electron chi connectivity index (χ0n) is 33.5. The Hall–Kier alpha value is -1.51. The van der Waals surface area contributed by atoms with Gasteiger partial charge in [-0.05, 0) is 166 Å². The third kappa shape index (κ3) is 5.87. The topological polar surface area (TPSA) is 86.7 Å². The lowest BCUT2D eigenvalue weighted by atomic mass is 9.33. The molecule has 1 saturated heterocycles. The number of hydrogen-bond donors (Lipinski definition) is 2. The van der Waals surface area contributed by atoms with Gasteiger partial charge in [0.2, 0.25) is 5.67 Å². The number of halogens is 1. The molecule has 1 aliphatic heterocycles. The number of fused-ring (bicyclic) bond motifs is 7. The molecule has 6 aliphatic carbocycles. The van der Waals surface area contributed by atoms with Crippen LogP contribution in [-0.2, 0) is 14.6 Å². The smallest absolute Gasteiger partial charge is 0.341 e. The fraction of sp³-hybridized carbons (Fsp3) is 0.841. The van der Waals surface area contributed by atoms with Gasteiger partial charge in [-0.3, -0.25) is 0 Å². The number of alkyl halides is 1.